The van der Waals surface area contributed by atoms with Crippen molar-refractivity contribution in [2.75, 3.05) is 6.61 Å². The minimum atomic E-state index is -0.257. The van der Waals surface area contributed by atoms with Gasteiger partial charge in [0.1, 0.15) is 0 Å². The number of carbonyl (C=O) groups excluding carboxylic acids is 2. The lowest BCUT2D eigenvalue weighted by Gasteiger charge is -2.13. The van der Waals surface area contributed by atoms with Crippen molar-refractivity contribution in [2.45, 2.75) is 103 Å². The van der Waals surface area contributed by atoms with E-state index in [2.05, 4.69) is 0 Å². The summed E-state index contributed by atoms with van der Waals surface area (Å²) in [6, 6.07) is 8.97. The highest BCUT2D eigenvalue weighted by molar-refractivity contribution is 5.97. The maximum atomic E-state index is 11.9. The van der Waals surface area contributed by atoms with Crippen LogP contribution in [-0.2, 0) is 9.53 Å². The molecule has 1 aliphatic rings. The highest BCUT2D eigenvalue weighted by Crippen LogP contribution is 2.27. The molecule has 1 saturated carbocycles. The van der Waals surface area contributed by atoms with Gasteiger partial charge in [-0.2, -0.15) is 0 Å². The zero-order valence-corrected chi connectivity index (χ0v) is 18.2. The average Bonchev–Trinajstić information content (AvgIpc) is 3.03. The van der Waals surface area contributed by atoms with E-state index in [1.165, 1.54) is 83.5 Å². The molecule has 0 heterocycles. The molecule has 162 valence electrons. The molecular weight excluding hydrogens is 378 g/mol. The van der Waals surface area contributed by atoms with E-state index in [-0.39, 0.29) is 18.4 Å². The SMILES string of the molecule is O=C(CO[13C](=O)[13CH2][13CH2][13CH2][13CH2][13CH2][13CH2][13CH2][13CH2][13CH2][13CH2][13CH]1[13CH2][13CH2][13CH2][13CH2][13CH2][13CH2]1)c1ccccc1. The summed E-state index contributed by atoms with van der Waals surface area (Å²) in [5.74, 6) is 0.617. The van der Waals surface area contributed by atoms with Gasteiger partial charge in [0.15, 0.2) is 12.4 Å². The van der Waals surface area contributed by atoms with E-state index >= 15 is 0 Å². The monoisotopic (exact) mass is 418 g/mol. The smallest absolute Gasteiger partial charge is 0.306 e. The van der Waals surface area contributed by atoms with E-state index in [1.807, 2.05) is 18.2 Å². The normalized spacial score (nSPS) is 15.0. The first-order valence-corrected chi connectivity index (χ1v) is 12.0. The second-order valence-electron chi connectivity index (χ2n) is 8.67. The number of hydrogen-bond acceptors (Lipinski definition) is 3. The molecule has 0 atom stereocenters. The second kappa shape index (κ2) is 15.2. The van der Waals surface area contributed by atoms with E-state index in [4.69, 9.17) is 4.74 Å². The molecule has 0 radical (unpaired) electrons. The third-order valence-corrected chi connectivity index (χ3v) is 6.18. The van der Waals surface area contributed by atoms with Crippen LogP contribution in [0.4, 0.5) is 0 Å². The lowest BCUT2D eigenvalue weighted by Crippen LogP contribution is -2.13. The van der Waals surface area contributed by atoms with Gasteiger partial charge in [-0.15, -0.1) is 0 Å². The maximum Gasteiger partial charge on any atom is 0.306 e. The van der Waals surface area contributed by atoms with Crippen LogP contribution in [-0.4, -0.2) is 18.4 Å². The number of ketones is 1. The number of benzene rings is 1. The Bertz CT molecular complexity index is 559. The molecule has 0 spiro atoms. The predicted octanol–water partition coefficient (Wildman–Crippen LogP) is 7.28. The Hall–Kier alpha value is -1.64. The lowest BCUT2D eigenvalue weighted by molar-refractivity contribution is -0.142. The first kappa shape index (κ1) is 23.6. The van der Waals surface area contributed by atoms with E-state index in [1.54, 1.807) is 12.1 Å². The Morgan fingerprint density at radius 2 is 1.34 bits per heavy atom. The highest BCUT2D eigenvalue weighted by Gasteiger charge is 2.11. The van der Waals surface area contributed by atoms with E-state index in [9.17, 15) is 9.59 Å². The molecule has 0 amide bonds. The molecule has 0 aromatic heterocycles. The van der Waals surface area contributed by atoms with Crippen molar-refractivity contribution in [3.05, 3.63) is 35.9 Å². The van der Waals surface area contributed by atoms with Gasteiger partial charge in [-0.1, -0.05) is 120 Å². The fraction of sp³-hybridized carbons (Fsp3) is 0.692. The van der Waals surface area contributed by atoms with Crippen LogP contribution >= 0.6 is 0 Å². The Kier molecular flexibility index (Phi) is 12.4. The van der Waals surface area contributed by atoms with Gasteiger partial charge in [-0.05, 0) is 12.3 Å². The van der Waals surface area contributed by atoms with Gasteiger partial charge in [0.2, 0.25) is 0 Å². The predicted molar refractivity (Wildman–Crippen MR) is 119 cm³/mol. The molecule has 3 nitrogen and oxygen atoms in total. The molecule has 0 N–H and O–H groups in total. The zero-order valence-electron chi connectivity index (χ0n) is 18.2. The number of rotatable bonds is 14. The topological polar surface area (TPSA) is 43.4 Å². The first-order valence-electron chi connectivity index (χ1n) is 12.0. The summed E-state index contributed by atoms with van der Waals surface area (Å²) in [4.78, 5) is 23.7. The van der Waals surface area contributed by atoms with Gasteiger partial charge in [0.25, 0.3) is 0 Å². The Morgan fingerprint density at radius 3 is 2.00 bits per heavy atom. The first-order chi connectivity index (χ1) is 14.3. The van der Waals surface area contributed by atoms with Gasteiger partial charge in [0.05, 0.1) is 0 Å². The molecule has 1 fully saturated rings. The zero-order chi connectivity index (χ0) is 20.6. The minimum Gasteiger partial charge on any atom is -0.457 e. The van der Waals surface area contributed by atoms with Crippen LogP contribution < -0.4 is 0 Å². The molecule has 2 rings (SSSR count). The maximum absolute atomic E-state index is 11.9. The Labute approximate surface area is 177 Å². The van der Waals surface area contributed by atoms with Crippen LogP contribution in [0.15, 0.2) is 30.3 Å². The van der Waals surface area contributed by atoms with Crippen molar-refractivity contribution in [1.29, 1.82) is 0 Å². The van der Waals surface area contributed by atoms with Crippen LogP contribution in [0.25, 0.3) is 0 Å². The van der Waals surface area contributed by atoms with Crippen molar-refractivity contribution < 1.29 is 14.3 Å². The molecule has 1 aromatic carbocycles. The molecule has 0 bridgehead atoms. The van der Waals surface area contributed by atoms with Gasteiger partial charge in [-0.3, -0.25) is 9.59 Å². The fourth-order valence-electron chi connectivity index (χ4n) is 4.34. The average molecular weight is 418 g/mol. The fourth-order valence-corrected chi connectivity index (χ4v) is 4.34. The van der Waals surface area contributed by atoms with Gasteiger partial charge >= 0.3 is 5.97 Å². The third-order valence-electron chi connectivity index (χ3n) is 6.18. The largest absolute Gasteiger partial charge is 0.457 e. The molecule has 1 aromatic rings. The van der Waals surface area contributed by atoms with Crippen LogP contribution in [0.1, 0.15) is 113 Å². The Balaban J connectivity index is 1.36. The van der Waals surface area contributed by atoms with E-state index in [0.29, 0.717) is 12.0 Å². The summed E-state index contributed by atoms with van der Waals surface area (Å²) in [5, 5.41) is 0. The van der Waals surface area contributed by atoms with Gasteiger partial charge in [-0.25, -0.2) is 0 Å². The van der Waals surface area contributed by atoms with Gasteiger partial charge in [0, 0.05) is 12.0 Å². The molecule has 0 aliphatic heterocycles. The summed E-state index contributed by atoms with van der Waals surface area (Å²) in [6.07, 6.45) is 20.5. The van der Waals surface area contributed by atoms with Crippen molar-refractivity contribution in [2.24, 2.45) is 5.92 Å². The third kappa shape index (κ3) is 11.2. The number of Topliss-reactive ketones (excluding diaryl/α,β-unsaturated/α-hetero) is 1. The summed E-state index contributed by atoms with van der Waals surface area (Å²) >= 11 is 0. The van der Waals surface area contributed by atoms with Crippen molar-refractivity contribution in [1.82, 2.24) is 0 Å². The number of ether oxygens (including phenoxy) is 1. The van der Waals surface area contributed by atoms with Crippen LogP contribution in [0.3, 0.4) is 0 Å². The molecule has 29 heavy (non-hydrogen) atoms. The summed E-state index contributed by atoms with van der Waals surface area (Å²) in [5.41, 5.74) is 0.592. The minimum absolute atomic E-state index is 0.141. The molecular formula is C26H40O3. The summed E-state index contributed by atoms with van der Waals surface area (Å²) in [7, 11) is 0. The molecule has 0 saturated heterocycles. The molecule has 1 aliphatic carbocycles. The van der Waals surface area contributed by atoms with Crippen molar-refractivity contribution in [3.8, 4) is 0 Å². The van der Waals surface area contributed by atoms with E-state index < -0.39 is 0 Å². The summed E-state index contributed by atoms with van der Waals surface area (Å²) < 4.78 is 5.10. The van der Waals surface area contributed by atoms with Crippen molar-refractivity contribution in [3.63, 3.8) is 0 Å². The summed E-state index contributed by atoms with van der Waals surface area (Å²) in [6.45, 7) is -0.149. The number of esters is 1. The van der Waals surface area contributed by atoms with Crippen molar-refractivity contribution >= 4 is 11.8 Å². The standard InChI is InChI=1S/C26H40O3/c27-25(24-19-13-9-14-20-24)22-29-26(28)21-15-6-4-2-1-3-5-10-16-23-17-11-7-8-12-18-23/h9,13-14,19-20,23H,1-8,10-12,15-18,21-22H2/i1+1,2+1,3+1,4+1,5+1,6+1,7+1,8+1,10+1,11+1,12+1,15+1,16+1,17+1,18+1,21+1,23+1,26+1. The van der Waals surface area contributed by atoms with Crippen LogP contribution in [0.2, 0.25) is 0 Å². The number of carbonyl (C=O) groups is 2. The molecule has 0 unspecified atom stereocenters. The van der Waals surface area contributed by atoms with Gasteiger partial charge < -0.3 is 4.74 Å². The quantitative estimate of drug-likeness (QED) is 0.105. The number of unbranched alkanes of at least 4 members (excludes halogenated alkanes) is 7. The molecule has 3 heteroatoms. The second-order valence-corrected chi connectivity index (χ2v) is 8.67. The number of hydrogen-bond donors (Lipinski definition) is 0. The van der Waals surface area contributed by atoms with Crippen LogP contribution in [0, 0.1) is 5.92 Å². The van der Waals surface area contributed by atoms with Crippen LogP contribution in [0.5, 0.6) is 0 Å². The lowest BCUT2D eigenvalue weighted by atomic mass is 10.1. The highest BCUT2D eigenvalue weighted by atomic mass is 16.6. The van der Waals surface area contributed by atoms with E-state index in [0.717, 1.165) is 18.8 Å². The Morgan fingerprint density at radius 1 is 0.759 bits per heavy atom.